The van der Waals surface area contributed by atoms with E-state index in [-0.39, 0.29) is 12.8 Å². The van der Waals surface area contributed by atoms with E-state index in [4.69, 9.17) is 18.9 Å². The minimum absolute atomic E-state index is 0.176. The van der Waals surface area contributed by atoms with Crippen molar-refractivity contribution in [3.05, 3.63) is 43.8 Å². The molecule has 2 aliphatic rings. The number of rotatable bonds is 4. The second kappa shape index (κ2) is 7.53. The van der Waals surface area contributed by atoms with E-state index in [9.17, 15) is 0 Å². The lowest BCUT2D eigenvalue weighted by Gasteiger charge is -2.36. The molecule has 2 aliphatic heterocycles. The first kappa shape index (κ1) is 18.9. The van der Waals surface area contributed by atoms with E-state index >= 15 is 0 Å². The van der Waals surface area contributed by atoms with Gasteiger partial charge in [0.15, 0.2) is 11.5 Å². The quantitative estimate of drug-likeness (QED) is 0.609. The van der Waals surface area contributed by atoms with Gasteiger partial charge in [0.2, 0.25) is 12.5 Å². The fraction of sp³-hybridized carbons (Fsp3) is 0.400. The van der Waals surface area contributed by atoms with E-state index in [2.05, 4.69) is 55.9 Å². The average molecular weight is 499 g/mol. The largest absolute Gasteiger partial charge is 0.496 e. The maximum Gasteiger partial charge on any atom is 0.231 e. The van der Waals surface area contributed by atoms with Crippen LogP contribution in [0.3, 0.4) is 0 Å². The second-order valence-corrected chi connectivity index (χ2v) is 8.37. The number of halogens is 2. The molecule has 0 unspecified atom stereocenters. The van der Waals surface area contributed by atoms with Crippen LogP contribution in [-0.2, 0) is 12.8 Å². The molecule has 0 N–H and O–H groups in total. The summed E-state index contributed by atoms with van der Waals surface area (Å²) in [7, 11) is 5.53. The summed E-state index contributed by atoms with van der Waals surface area (Å²) in [6.07, 6.45) is 1.79. The van der Waals surface area contributed by atoms with Crippen LogP contribution in [0.4, 0.5) is 0 Å². The maximum atomic E-state index is 5.81. The molecule has 5 nitrogen and oxygen atoms in total. The zero-order valence-corrected chi connectivity index (χ0v) is 18.6. The van der Waals surface area contributed by atoms with Gasteiger partial charge in [-0.25, -0.2) is 0 Å². The predicted molar refractivity (Wildman–Crippen MR) is 110 cm³/mol. The van der Waals surface area contributed by atoms with Gasteiger partial charge < -0.3 is 18.9 Å². The number of hydrogen-bond donors (Lipinski definition) is 0. The first-order chi connectivity index (χ1) is 13.0. The van der Waals surface area contributed by atoms with Gasteiger partial charge in [-0.2, -0.15) is 0 Å². The minimum atomic E-state index is 0.176. The number of hydrogen-bond acceptors (Lipinski definition) is 5. The third-order valence-corrected chi connectivity index (χ3v) is 6.74. The normalized spacial score (nSPS) is 18.3. The van der Waals surface area contributed by atoms with Gasteiger partial charge in [-0.1, -0.05) is 6.07 Å². The van der Waals surface area contributed by atoms with Crippen molar-refractivity contribution in [2.45, 2.75) is 18.9 Å². The Morgan fingerprint density at radius 2 is 1.93 bits per heavy atom. The predicted octanol–water partition coefficient (Wildman–Crippen LogP) is 4.73. The molecule has 0 saturated carbocycles. The number of fused-ring (bicyclic) bond motifs is 2. The van der Waals surface area contributed by atoms with Gasteiger partial charge in [0.05, 0.1) is 23.2 Å². The van der Waals surface area contributed by atoms with Gasteiger partial charge in [-0.15, -0.1) is 0 Å². The Morgan fingerprint density at radius 1 is 1.15 bits per heavy atom. The van der Waals surface area contributed by atoms with E-state index in [0.717, 1.165) is 45.6 Å². The highest BCUT2D eigenvalue weighted by Crippen LogP contribution is 2.54. The lowest BCUT2D eigenvalue weighted by Crippen LogP contribution is -2.34. The maximum absolute atomic E-state index is 5.81. The molecular formula is C20H21Br2NO4. The van der Waals surface area contributed by atoms with Gasteiger partial charge >= 0.3 is 0 Å². The molecule has 0 fully saturated rings. The minimum Gasteiger partial charge on any atom is -0.496 e. The van der Waals surface area contributed by atoms with Gasteiger partial charge in [0, 0.05) is 18.2 Å². The highest BCUT2D eigenvalue weighted by atomic mass is 79.9. The molecule has 27 heavy (non-hydrogen) atoms. The molecule has 0 radical (unpaired) electrons. The monoisotopic (exact) mass is 497 g/mol. The average Bonchev–Trinajstić information content (AvgIpc) is 3.14. The Labute approximate surface area is 175 Å². The van der Waals surface area contributed by atoms with Crippen LogP contribution in [0.15, 0.2) is 27.1 Å². The van der Waals surface area contributed by atoms with E-state index in [1.165, 1.54) is 16.7 Å². The van der Waals surface area contributed by atoms with Gasteiger partial charge in [-0.05, 0) is 75.0 Å². The van der Waals surface area contributed by atoms with E-state index in [1.54, 1.807) is 14.2 Å². The Balaban J connectivity index is 1.80. The Kier molecular flexibility index (Phi) is 5.27. The summed E-state index contributed by atoms with van der Waals surface area (Å²) >= 11 is 7.33. The van der Waals surface area contributed by atoms with Crippen LogP contribution in [0.5, 0.6) is 23.0 Å². The van der Waals surface area contributed by atoms with Crippen molar-refractivity contribution >= 4 is 31.9 Å². The lowest BCUT2D eigenvalue weighted by atomic mass is 9.87. The van der Waals surface area contributed by atoms with Crippen LogP contribution < -0.4 is 18.9 Å². The van der Waals surface area contributed by atoms with E-state index < -0.39 is 0 Å². The fourth-order valence-corrected chi connectivity index (χ4v) is 5.20. The van der Waals surface area contributed by atoms with Crippen molar-refractivity contribution in [1.82, 2.24) is 4.90 Å². The SMILES string of the molecule is COc1ccc(C[C@@H]2c3c(c(Br)c4c(c3OC)OCO4)CCN2C)cc1Br. The van der Waals surface area contributed by atoms with Gasteiger partial charge in [0.1, 0.15) is 5.75 Å². The van der Waals surface area contributed by atoms with Crippen molar-refractivity contribution in [3.63, 3.8) is 0 Å². The smallest absolute Gasteiger partial charge is 0.231 e. The second-order valence-electron chi connectivity index (χ2n) is 6.72. The molecule has 0 bridgehead atoms. The van der Waals surface area contributed by atoms with Crippen molar-refractivity contribution in [2.24, 2.45) is 0 Å². The summed E-state index contributed by atoms with van der Waals surface area (Å²) < 4.78 is 24.5. The fourth-order valence-electron chi connectivity index (χ4n) is 3.91. The molecule has 4 rings (SSSR count). The van der Waals surface area contributed by atoms with Crippen molar-refractivity contribution in [3.8, 4) is 23.0 Å². The van der Waals surface area contributed by atoms with Crippen molar-refractivity contribution in [1.29, 1.82) is 0 Å². The molecule has 0 aliphatic carbocycles. The molecule has 0 spiro atoms. The highest BCUT2D eigenvalue weighted by molar-refractivity contribution is 9.11. The third kappa shape index (κ3) is 3.19. The third-order valence-electron chi connectivity index (χ3n) is 5.28. The van der Waals surface area contributed by atoms with Gasteiger partial charge in [-0.3, -0.25) is 4.90 Å². The molecule has 0 amide bonds. The number of methoxy groups -OCH3 is 2. The number of likely N-dealkylation sites (N-methyl/N-ethyl adjacent to an activating group) is 1. The van der Waals surface area contributed by atoms with Crippen molar-refractivity contribution < 1.29 is 18.9 Å². The van der Waals surface area contributed by atoms with E-state index in [0.29, 0.717) is 5.75 Å². The summed E-state index contributed by atoms with van der Waals surface area (Å²) in [5.41, 5.74) is 3.64. The Morgan fingerprint density at radius 3 is 2.63 bits per heavy atom. The molecule has 0 saturated heterocycles. The molecule has 0 aromatic heterocycles. The number of ether oxygens (including phenoxy) is 4. The molecule has 1 atom stereocenters. The Hall–Kier alpha value is -1.44. The molecule has 2 heterocycles. The summed E-state index contributed by atoms with van der Waals surface area (Å²) in [4.78, 5) is 2.37. The van der Waals surface area contributed by atoms with E-state index in [1.807, 2.05) is 6.07 Å². The molecule has 7 heteroatoms. The summed E-state index contributed by atoms with van der Waals surface area (Å²) in [6, 6.07) is 6.40. The van der Waals surface area contributed by atoms with Crippen LogP contribution in [0, 0.1) is 0 Å². The van der Waals surface area contributed by atoms with Crippen LogP contribution in [-0.4, -0.2) is 39.5 Å². The summed E-state index contributed by atoms with van der Waals surface area (Å²) in [5.74, 6) is 3.06. The summed E-state index contributed by atoms with van der Waals surface area (Å²) in [5, 5.41) is 0. The van der Waals surface area contributed by atoms with Crippen LogP contribution in [0.1, 0.15) is 22.7 Å². The Bertz CT molecular complexity index is 887. The number of benzene rings is 2. The first-order valence-electron chi connectivity index (χ1n) is 8.75. The number of nitrogens with zero attached hydrogens (tertiary/aromatic N) is 1. The standard InChI is InChI=1S/C20H21Br2NO4/c1-23-7-6-12-16(18(25-3)20-19(17(12)22)26-10-27-20)14(23)9-11-4-5-15(24-2)13(21)8-11/h4-5,8,14H,6-7,9-10H2,1-3H3/t14-/m1/s1. The topological polar surface area (TPSA) is 40.2 Å². The first-order valence-corrected chi connectivity index (χ1v) is 10.3. The molecule has 2 aromatic rings. The van der Waals surface area contributed by atoms with Crippen LogP contribution >= 0.6 is 31.9 Å². The molecule has 144 valence electrons. The van der Waals surface area contributed by atoms with Crippen LogP contribution in [0.2, 0.25) is 0 Å². The zero-order valence-electron chi connectivity index (χ0n) is 15.5. The zero-order chi connectivity index (χ0) is 19.1. The van der Waals surface area contributed by atoms with Crippen LogP contribution in [0.25, 0.3) is 0 Å². The van der Waals surface area contributed by atoms with Crippen molar-refractivity contribution in [2.75, 3.05) is 34.6 Å². The lowest BCUT2D eigenvalue weighted by molar-refractivity contribution is 0.170. The van der Waals surface area contributed by atoms with Gasteiger partial charge in [0.25, 0.3) is 0 Å². The summed E-state index contributed by atoms with van der Waals surface area (Å²) in [6.45, 7) is 1.19. The molecule has 2 aromatic carbocycles. The highest BCUT2D eigenvalue weighted by Gasteiger charge is 2.36. The molecular weight excluding hydrogens is 478 g/mol.